The van der Waals surface area contributed by atoms with Crippen LogP contribution in [0.5, 0.6) is 0 Å². The topological polar surface area (TPSA) is 37.4 Å². The highest BCUT2D eigenvalue weighted by Crippen LogP contribution is 2.31. The standard InChI is InChI=1S/C11H16ClNO2S2/c12-5-1-7-17(14,15)13(11-2-3-11)8-10-4-6-16-9-10/h4,6,9,11H,1-3,5,7-8H2. The van der Waals surface area contributed by atoms with E-state index in [4.69, 9.17) is 11.6 Å². The van der Waals surface area contributed by atoms with Crippen molar-refractivity contribution in [2.45, 2.75) is 31.8 Å². The SMILES string of the molecule is O=S(=O)(CCCCl)N(Cc1ccsc1)C1CC1. The first-order valence-electron chi connectivity index (χ1n) is 5.70. The highest BCUT2D eigenvalue weighted by atomic mass is 35.5. The molecule has 1 aliphatic carbocycles. The van der Waals surface area contributed by atoms with Crippen LogP contribution in [-0.4, -0.2) is 30.4 Å². The summed E-state index contributed by atoms with van der Waals surface area (Å²) in [5, 5.41) is 3.98. The summed E-state index contributed by atoms with van der Waals surface area (Å²) < 4.78 is 26.0. The second-order valence-corrected chi connectivity index (χ2v) is 7.47. The van der Waals surface area contributed by atoms with Gasteiger partial charge in [0.25, 0.3) is 0 Å². The van der Waals surface area contributed by atoms with Crippen LogP contribution in [0.2, 0.25) is 0 Å². The quantitative estimate of drug-likeness (QED) is 0.725. The Bertz CT molecular complexity index is 440. The van der Waals surface area contributed by atoms with E-state index in [2.05, 4.69) is 0 Å². The van der Waals surface area contributed by atoms with Crippen LogP contribution < -0.4 is 0 Å². The molecule has 1 aromatic heterocycles. The molecule has 0 aliphatic heterocycles. The summed E-state index contributed by atoms with van der Waals surface area (Å²) in [5.74, 6) is 0.563. The van der Waals surface area contributed by atoms with Crippen LogP contribution in [0.1, 0.15) is 24.8 Å². The molecule has 96 valence electrons. The Labute approximate surface area is 111 Å². The Kier molecular flexibility index (Phi) is 4.47. The number of nitrogens with zero attached hydrogens (tertiary/aromatic N) is 1. The van der Waals surface area contributed by atoms with E-state index >= 15 is 0 Å². The van der Waals surface area contributed by atoms with E-state index < -0.39 is 10.0 Å². The van der Waals surface area contributed by atoms with Crippen molar-refractivity contribution in [2.24, 2.45) is 0 Å². The highest BCUT2D eigenvalue weighted by molar-refractivity contribution is 7.89. The lowest BCUT2D eigenvalue weighted by Crippen LogP contribution is -2.34. The third-order valence-electron chi connectivity index (χ3n) is 2.77. The number of thiophene rings is 1. The molecular formula is C11H16ClNO2S2. The molecule has 1 aliphatic rings. The van der Waals surface area contributed by atoms with Gasteiger partial charge in [-0.25, -0.2) is 8.42 Å². The first-order valence-corrected chi connectivity index (χ1v) is 8.78. The molecule has 2 rings (SSSR count). The number of alkyl halides is 1. The summed E-state index contributed by atoms with van der Waals surface area (Å²) in [5.41, 5.74) is 1.08. The molecule has 0 spiro atoms. The molecule has 0 bridgehead atoms. The fourth-order valence-electron chi connectivity index (χ4n) is 1.73. The van der Waals surface area contributed by atoms with Crippen LogP contribution in [0, 0.1) is 0 Å². The first-order chi connectivity index (χ1) is 8.13. The maximum absolute atomic E-state index is 12.2. The normalized spacial score (nSPS) is 16.6. The summed E-state index contributed by atoms with van der Waals surface area (Å²) >= 11 is 7.17. The minimum Gasteiger partial charge on any atom is -0.212 e. The molecule has 0 radical (unpaired) electrons. The summed E-state index contributed by atoms with van der Waals surface area (Å²) in [6.45, 7) is 0.513. The third-order valence-corrected chi connectivity index (χ3v) is 5.71. The van der Waals surface area contributed by atoms with Gasteiger partial charge in [-0.2, -0.15) is 15.6 Å². The Hall–Kier alpha value is -0.100. The van der Waals surface area contributed by atoms with E-state index in [0.717, 1.165) is 18.4 Å². The molecule has 0 atom stereocenters. The van der Waals surface area contributed by atoms with E-state index in [9.17, 15) is 8.42 Å². The van der Waals surface area contributed by atoms with E-state index in [-0.39, 0.29) is 11.8 Å². The predicted octanol–water partition coefficient (Wildman–Crippen LogP) is 2.67. The zero-order chi connectivity index (χ0) is 12.3. The fraction of sp³-hybridized carbons (Fsp3) is 0.636. The van der Waals surface area contributed by atoms with Crippen LogP contribution in [0.25, 0.3) is 0 Å². The number of hydrogen-bond donors (Lipinski definition) is 0. The van der Waals surface area contributed by atoms with Crippen molar-refractivity contribution >= 4 is 33.0 Å². The number of rotatable bonds is 7. The zero-order valence-electron chi connectivity index (χ0n) is 9.51. The molecule has 6 heteroatoms. The molecule has 0 amide bonds. The van der Waals surface area contributed by atoms with E-state index in [0.29, 0.717) is 18.8 Å². The second-order valence-electron chi connectivity index (χ2n) is 4.27. The Balaban J connectivity index is 2.06. The van der Waals surface area contributed by atoms with Crippen molar-refractivity contribution < 1.29 is 8.42 Å². The predicted molar refractivity (Wildman–Crippen MR) is 72.0 cm³/mol. The van der Waals surface area contributed by atoms with Gasteiger partial charge in [0, 0.05) is 18.5 Å². The van der Waals surface area contributed by atoms with E-state index in [1.165, 1.54) is 0 Å². The fourth-order valence-corrected chi connectivity index (χ4v) is 4.44. The zero-order valence-corrected chi connectivity index (χ0v) is 11.9. The molecule has 0 unspecified atom stereocenters. The summed E-state index contributed by atoms with van der Waals surface area (Å²) in [7, 11) is -3.14. The van der Waals surface area contributed by atoms with Crippen LogP contribution in [0.15, 0.2) is 16.8 Å². The van der Waals surface area contributed by atoms with Gasteiger partial charge in [0.05, 0.1) is 5.75 Å². The van der Waals surface area contributed by atoms with Crippen LogP contribution in [-0.2, 0) is 16.6 Å². The van der Waals surface area contributed by atoms with Gasteiger partial charge < -0.3 is 0 Å². The van der Waals surface area contributed by atoms with Gasteiger partial charge in [0.1, 0.15) is 0 Å². The maximum Gasteiger partial charge on any atom is 0.214 e. The Morgan fingerprint density at radius 3 is 2.76 bits per heavy atom. The summed E-state index contributed by atoms with van der Waals surface area (Å²) in [4.78, 5) is 0. The van der Waals surface area contributed by atoms with Crippen LogP contribution in [0.4, 0.5) is 0 Å². The van der Waals surface area contributed by atoms with Gasteiger partial charge in [-0.05, 0) is 41.7 Å². The molecule has 0 N–H and O–H groups in total. The molecule has 17 heavy (non-hydrogen) atoms. The van der Waals surface area contributed by atoms with Gasteiger partial charge >= 0.3 is 0 Å². The maximum atomic E-state index is 12.2. The van der Waals surface area contributed by atoms with Gasteiger partial charge in [0.15, 0.2) is 0 Å². The summed E-state index contributed by atoms with van der Waals surface area (Å²) in [6.07, 6.45) is 2.51. The molecule has 0 aromatic carbocycles. The van der Waals surface area contributed by atoms with Crippen molar-refractivity contribution in [3.63, 3.8) is 0 Å². The average Bonchev–Trinajstić information content (AvgIpc) is 3.00. The molecular weight excluding hydrogens is 278 g/mol. The molecule has 0 saturated heterocycles. The molecule has 3 nitrogen and oxygen atoms in total. The Morgan fingerprint density at radius 2 is 2.24 bits per heavy atom. The minimum atomic E-state index is -3.14. The first kappa shape index (κ1) is 13.3. The third kappa shape index (κ3) is 3.68. The van der Waals surface area contributed by atoms with Gasteiger partial charge in [-0.15, -0.1) is 11.6 Å². The largest absolute Gasteiger partial charge is 0.214 e. The number of hydrogen-bond acceptors (Lipinski definition) is 3. The number of sulfonamides is 1. The van der Waals surface area contributed by atoms with Crippen molar-refractivity contribution in [2.75, 3.05) is 11.6 Å². The van der Waals surface area contributed by atoms with Crippen molar-refractivity contribution in [1.82, 2.24) is 4.31 Å². The molecule has 1 aromatic rings. The van der Waals surface area contributed by atoms with E-state index in [1.807, 2.05) is 16.8 Å². The van der Waals surface area contributed by atoms with Gasteiger partial charge in [0.2, 0.25) is 10.0 Å². The molecule has 1 saturated carbocycles. The van der Waals surface area contributed by atoms with E-state index in [1.54, 1.807) is 15.6 Å². The van der Waals surface area contributed by atoms with Crippen molar-refractivity contribution in [3.05, 3.63) is 22.4 Å². The van der Waals surface area contributed by atoms with Crippen LogP contribution >= 0.6 is 22.9 Å². The van der Waals surface area contributed by atoms with Gasteiger partial charge in [-0.3, -0.25) is 0 Å². The lowest BCUT2D eigenvalue weighted by molar-refractivity contribution is 0.399. The highest BCUT2D eigenvalue weighted by Gasteiger charge is 2.36. The molecule has 1 heterocycles. The molecule has 1 fully saturated rings. The van der Waals surface area contributed by atoms with Crippen LogP contribution in [0.3, 0.4) is 0 Å². The number of halogens is 1. The van der Waals surface area contributed by atoms with Crippen molar-refractivity contribution in [3.8, 4) is 0 Å². The smallest absolute Gasteiger partial charge is 0.212 e. The lowest BCUT2D eigenvalue weighted by Gasteiger charge is -2.21. The second kappa shape index (κ2) is 5.69. The van der Waals surface area contributed by atoms with Crippen molar-refractivity contribution in [1.29, 1.82) is 0 Å². The summed E-state index contributed by atoms with van der Waals surface area (Å²) in [6, 6.07) is 2.20. The Morgan fingerprint density at radius 1 is 1.47 bits per heavy atom. The minimum absolute atomic E-state index is 0.164. The average molecular weight is 294 g/mol. The monoisotopic (exact) mass is 293 g/mol. The van der Waals surface area contributed by atoms with Gasteiger partial charge in [-0.1, -0.05) is 0 Å². The lowest BCUT2D eigenvalue weighted by atomic mass is 10.3.